The van der Waals surface area contributed by atoms with E-state index in [4.69, 9.17) is 0 Å². The van der Waals surface area contributed by atoms with Gasteiger partial charge in [-0.2, -0.15) is 5.26 Å². The van der Waals surface area contributed by atoms with E-state index in [1.807, 2.05) is 0 Å². The molecule has 4 heteroatoms. The zero-order chi connectivity index (χ0) is 25.6. The molecule has 0 bridgehead atoms. The SMILES string of the molecule is C=c1ncnc2c1=C(C#N)C(NCc1ccc(-c3ccccc3)c(CCCCCC)c1)=C2C1CCCC1. The van der Waals surface area contributed by atoms with Crippen LogP contribution in [0.3, 0.4) is 0 Å². The van der Waals surface area contributed by atoms with Crippen molar-refractivity contribution >= 4 is 17.7 Å². The van der Waals surface area contributed by atoms with Crippen molar-refractivity contribution in [1.29, 1.82) is 5.26 Å². The van der Waals surface area contributed by atoms with E-state index in [-0.39, 0.29) is 0 Å². The van der Waals surface area contributed by atoms with Crippen LogP contribution in [0, 0.1) is 17.2 Å². The molecule has 0 spiro atoms. The third kappa shape index (κ3) is 5.23. The Kier molecular flexibility index (Phi) is 7.80. The summed E-state index contributed by atoms with van der Waals surface area (Å²) in [4.78, 5) is 8.94. The molecule has 0 amide bonds. The van der Waals surface area contributed by atoms with Crippen molar-refractivity contribution in [1.82, 2.24) is 15.3 Å². The van der Waals surface area contributed by atoms with Gasteiger partial charge in [0.2, 0.25) is 0 Å². The maximum Gasteiger partial charge on any atom is 0.116 e. The minimum absolute atomic E-state index is 0.427. The number of hydrogen-bond donors (Lipinski definition) is 1. The summed E-state index contributed by atoms with van der Waals surface area (Å²) in [6, 6.07) is 20.0. The first-order valence-corrected chi connectivity index (χ1v) is 13.8. The highest BCUT2D eigenvalue weighted by molar-refractivity contribution is 5.93. The molecule has 37 heavy (non-hydrogen) atoms. The van der Waals surface area contributed by atoms with Gasteiger partial charge in [0.1, 0.15) is 12.4 Å². The van der Waals surface area contributed by atoms with Crippen molar-refractivity contribution in [3.63, 3.8) is 0 Å². The summed E-state index contributed by atoms with van der Waals surface area (Å²) < 4.78 is 0. The lowest BCUT2D eigenvalue weighted by atomic mass is 9.93. The van der Waals surface area contributed by atoms with Crippen LogP contribution in [0.2, 0.25) is 0 Å². The maximum atomic E-state index is 10.2. The van der Waals surface area contributed by atoms with Gasteiger partial charge in [-0.25, -0.2) is 9.97 Å². The molecule has 188 valence electrons. The number of nitrogens with zero attached hydrogens (tertiary/aromatic N) is 3. The van der Waals surface area contributed by atoms with Gasteiger partial charge < -0.3 is 5.32 Å². The first kappa shape index (κ1) is 25.0. The van der Waals surface area contributed by atoms with Gasteiger partial charge in [-0.1, -0.05) is 94.1 Å². The molecular formula is C33H36N4. The Bertz CT molecular complexity index is 1440. The van der Waals surface area contributed by atoms with Crippen molar-refractivity contribution in [2.45, 2.75) is 71.3 Å². The van der Waals surface area contributed by atoms with Gasteiger partial charge in [-0.05, 0) is 53.9 Å². The second-order valence-corrected chi connectivity index (χ2v) is 10.3. The van der Waals surface area contributed by atoms with Gasteiger partial charge >= 0.3 is 0 Å². The molecule has 1 aromatic heterocycles. The molecule has 0 unspecified atom stereocenters. The second-order valence-electron chi connectivity index (χ2n) is 10.3. The molecule has 2 aliphatic rings. The lowest BCUT2D eigenvalue weighted by Gasteiger charge is -2.18. The van der Waals surface area contributed by atoms with Gasteiger partial charge in [-0.15, -0.1) is 0 Å². The van der Waals surface area contributed by atoms with Gasteiger partial charge in [0.15, 0.2) is 0 Å². The van der Waals surface area contributed by atoms with Crippen LogP contribution in [-0.2, 0) is 13.0 Å². The predicted octanol–water partition coefficient (Wildman–Crippen LogP) is 6.06. The second kappa shape index (κ2) is 11.6. The highest BCUT2D eigenvalue weighted by Crippen LogP contribution is 2.40. The minimum Gasteiger partial charge on any atom is -0.380 e. The summed E-state index contributed by atoms with van der Waals surface area (Å²) in [5, 5.41) is 15.3. The van der Waals surface area contributed by atoms with E-state index in [0.29, 0.717) is 23.4 Å². The van der Waals surface area contributed by atoms with Gasteiger partial charge in [0, 0.05) is 17.3 Å². The van der Waals surface area contributed by atoms with E-state index in [9.17, 15) is 5.26 Å². The number of fused-ring (bicyclic) bond motifs is 1. The van der Waals surface area contributed by atoms with E-state index in [0.717, 1.165) is 35.9 Å². The molecule has 0 aliphatic heterocycles. The Labute approximate surface area is 220 Å². The van der Waals surface area contributed by atoms with E-state index < -0.39 is 0 Å². The van der Waals surface area contributed by atoms with Crippen molar-refractivity contribution in [3.05, 3.63) is 87.9 Å². The van der Waals surface area contributed by atoms with E-state index >= 15 is 0 Å². The van der Waals surface area contributed by atoms with Gasteiger partial charge in [0.05, 0.1) is 22.3 Å². The number of unbranched alkanes of at least 4 members (excludes halogenated alkanes) is 3. The summed E-state index contributed by atoms with van der Waals surface area (Å²) in [6.45, 7) is 7.04. The van der Waals surface area contributed by atoms with Crippen molar-refractivity contribution in [2.24, 2.45) is 5.92 Å². The Morgan fingerprint density at radius 1 is 1.03 bits per heavy atom. The molecule has 3 aromatic rings. The Morgan fingerprint density at radius 2 is 1.84 bits per heavy atom. The number of rotatable bonds is 10. The summed E-state index contributed by atoms with van der Waals surface area (Å²) in [5.74, 6) is 0.427. The lowest BCUT2D eigenvalue weighted by Crippen LogP contribution is -2.31. The van der Waals surface area contributed by atoms with Crippen LogP contribution in [0.5, 0.6) is 0 Å². The third-order valence-corrected chi connectivity index (χ3v) is 7.85. The molecule has 2 aliphatic carbocycles. The average molecular weight is 489 g/mol. The van der Waals surface area contributed by atoms with Gasteiger partial charge in [0.25, 0.3) is 0 Å². The highest BCUT2D eigenvalue weighted by Gasteiger charge is 2.32. The van der Waals surface area contributed by atoms with Crippen LogP contribution in [0.15, 0.2) is 60.6 Å². The lowest BCUT2D eigenvalue weighted by molar-refractivity contribution is 0.666. The third-order valence-electron chi connectivity index (χ3n) is 7.85. The summed E-state index contributed by atoms with van der Waals surface area (Å²) in [7, 11) is 0. The van der Waals surface area contributed by atoms with E-state index in [1.165, 1.54) is 66.4 Å². The first-order chi connectivity index (χ1) is 18.2. The number of benzene rings is 2. The molecule has 1 N–H and O–H groups in total. The molecule has 5 rings (SSSR count). The molecule has 0 radical (unpaired) electrons. The fraction of sp³-hybridized carbons (Fsp3) is 0.364. The van der Waals surface area contributed by atoms with Crippen molar-refractivity contribution < 1.29 is 0 Å². The molecule has 1 heterocycles. The monoisotopic (exact) mass is 488 g/mol. The summed E-state index contributed by atoms with van der Waals surface area (Å²) in [6.07, 6.45) is 12.4. The zero-order valence-corrected chi connectivity index (χ0v) is 21.9. The quantitative estimate of drug-likeness (QED) is 0.353. The molecule has 0 saturated heterocycles. The largest absolute Gasteiger partial charge is 0.380 e. The van der Waals surface area contributed by atoms with Crippen molar-refractivity contribution in [3.8, 4) is 17.2 Å². The first-order valence-electron chi connectivity index (χ1n) is 13.8. The molecule has 1 fully saturated rings. The number of nitriles is 1. The minimum atomic E-state index is 0.427. The predicted molar refractivity (Wildman–Crippen MR) is 151 cm³/mol. The average Bonchev–Trinajstić information content (AvgIpc) is 3.57. The molecule has 2 aromatic carbocycles. The zero-order valence-electron chi connectivity index (χ0n) is 21.9. The number of aromatic nitrogens is 2. The maximum absolute atomic E-state index is 10.2. The summed E-state index contributed by atoms with van der Waals surface area (Å²) in [5.41, 5.74) is 8.90. The van der Waals surface area contributed by atoms with Crippen LogP contribution >= 0.6 is 0 Å². The molecular weight excluding hydrogens is 452 g/mol. The Morgan fingerprint density at radius 3 is 2.59 bits per heavy atom. The van der Waals surface area contributed by atoms with Crippen LogP contribution in [0.4, 0.5) is 0 Å². The van der Waals surface area contributed by atoms with Crippen LogP contribution in [0.1, 0.15) is 75.1 Å². The van der Waals surface area contributed by atoms with Crippen LogP contribution in [-0.4, -0.2) is 9.97 Å². The van der Waals surface area contributed by atoms with Crippen molar-refractivity contribution in [2.75, 3.05) is 0 Å². The van der Waals surface area contributed by atoms with Crippen LogP contribution < -0.4 is 15.9 Å². The smallest absolute Gasteiger partial charge is 0.116 e. The fourth-order valence-electron chi connectivity index (χ4n) is 5.97. The van der Waals surface area contributed by atoms with Crippen LogP contribution in [0.25, 0.3) is 28.9 Å². The number of nitrogens with one attached hydrogen (secondary N) is 1. The number of allylic oxidation sites excluding steroid dienone is 2. The van der Waals surface area contributed by atoms with E-state index in [1.54, 1.807) is 6.33 Å². The molecule has 4 nitrogen and oxygen atoms in total. The van der Waals surface area contributed by atoms with Gasteiger partial charge in [-0.3, -0.25) is 0 Å². The fourth-order valence-corrected chi connectivity index (χ4v) is 5.97. The number of hydrogen-bond acceptors (Lipinski definition) is 4. The summed E-state index contributed by atoms with van der Waals surface area (Å²) >= 11 is 0. The normalized spacial score (nSPS) is 15.2. The Hall–Kier alpha value is -3.71. The standard InChI is InChI=1S/C33H36N4/c1-3-4-5-7-16-27-19-24(17-18-28(27)25-12-8-6-9-13-25)21-35-32-29(20-34)30-23(2)36-22-37-33(30)31(32)26-14-10-11-15-26/h6,8-9,12-13,17-19,22,26,35H,2-5,7,10-11,14-16,21H2,1H3. The molecule has 1 saturated carbocycles. The molecule has 0 atom stereocenters. The number of aryl methyl sites for hydroxylation is 1. The van der Waals surface area contributed by atoms with E-state index in [2.05, 4.69) is 83.4 Å². The highest BCUT2D eigenvalue weighted by atomic mass is 14.9. The topological polar surface area (TPSA) is 61.6 Å². The Balaban J connectivity index is 1.46.